The molecule has 1 amide bonds. The molecule has 0 radical (unpaired) electrons. The van der Waals surface area contributed by atoms with Gasteiger partial charge in [0.05, 0.1) is 12.1 Å². The highest BCUT2D eigenvalue weighted by Crippen LogP contribution is 2.23. The predicted octanol–water partition coefficient (Wildman–Crippen LogP) is 0.670. The van der Waals surface area contributed by atoms with Gasteiger partial charge in [0.25, 0.3) is 0 Å². The van der Waals surface area contributed by atoms with E-state index in [0.29, 0.717) is 19.1 Å². The summed E-state index contributed by atoms with van der Waals surface area (Å²) in [6.07, 6.45) is 2.13. The zero-order valence-electron chi connectivity index (χ0n) is 9.93. The Labute approximate surface area is 91.8 Å². The molecule has 0 saturated carbocycles. The molecule has 1 atom stereocenters. The van der Waals surface area contributed by atoms with Gasteiger partial charge in [0, 0.05) is 19.2 Å². The summed E-state index contributed by atoms with van der Waals surface area (Å²) in [6.45, 7) is 7.91. The van der Waals surface area contributed by atoms with E-state index in [-0.39, 0.29) is 11.5 Å². The molecule has 0 aromatic carbocycles. The second kappa shape index (κ2) is 5.47. The molecule has 1 heterocycles. The molecule has 0 bridgehead atoms. The molecule has 1 unspecified atom stereocenters. The maximum atomic E-state index is 11.4. The number of carbonyl (C=O) groups is 1. The zero-order valence-corrected chi connectivity index (χ0v) is 9.93. The molecular weight excluding hydrogens is 192 g/mol. The van der Waals surface area contributed by atoms with Crippen molar-refractivity contribution in [2.24, 2.45) is 0 Å². The fourth-order valence-corrected chi connectivity index (χ4v) is 1.62. The molecule has 1 aliphatic rings. The van der Waals surface area contributed by atoms with Gasteiger partial charge < -0.3 is 15.4 Å². The van der Waals surface area contributed by atoms with Gasteiger partial charge in [-0.15, -0.1) is 0 Å². The number of ether oxygens (including phenoxy) is 1. The third-order valence-corrected chi connectivity index (χ3v) is 2.63. The molecule has 0 aromatic heterocycles. The van der Waals surface area contributed by atoms with Crippen molar-refractivity contribution in [1.82, 2.24) is 10.6 Å². The highest BCUT2D eigenvalue weighted by molar-refractivity contribution is 5.78. The molecule has 0 aliphatic carbocycles. The lowest BCUT2D eigenvalue weighted by Gasteiger charge is -2.23. The second-order valence-corrected chi connectivity index (χ2v) is 4.71. The lowest BCUT2D eigenvalue weighted by atomic mass is 10.0. The van der Waals surface area contributed by atoms with Crippen LogP contribution in [0.15, 0.2) is 0 Å². The lowest BCUT2D eigenvalue weighted by Crippen LogP contribution is -2.44. The molecule has 2 N–H and O–H groups in total. The van der Waals surface area contributed by atoms with Gasteiger partial charge in [0.2, 0.25) is 5.91 Å². The van der Waals surface area contributed by atoms with Crippen LogP contribution in [0.1, 0.15) is 33.6 Å². The molecule has 0 aromatic rings. The Morgan fingerprint density at radius 1 is 1.53 bits per heavy atom. The van der Waals surface area contributed by atoms with Gasteiger partial charge in [-0.1, -0.05) is 13.8 Å². The van der Waals surface area contributed by atoms with Crippen LogP contribution in [0, 0.1) is 0 Å². The van der Waals surface area contributed by atoms with E-state index in [0.717, 1.165) is 19.4 Å². The van der Waals surface area contributed by atoms with Gasteiger partial charge in [-0.3, -0.25) is 4.79 Å². The van der Waals surface area contributed by atoms with E-state index in [9.17, 15) is 4.79 Å². The maximum absolute atomic E-state index is 11.4. The standard InChI is InChI=1S/C11H22N2O2/c1-9(2)12-7-10(14)13-8-11(3)5-4-6-15-11/h9,12H,4-8H2,1-3H3,(H,13,14). The van der Waals surface area contributed by atoms with Gasteiger partial charge in [-0.25, -0.2) is 0 Å². The Morgan fingerprint density at radius 3 is 2.80 bits per heavy atom. The van der Waals surface area contributed by atoms with Crippen molar-refractivity contribution in [1.29, 1.82) is 0 Å². The van der Waals surface area contributed by atoms with Crippen LogP contribution >= 0.6 is 0 Å². The molecule has 0 spiro atoms. The molecule has 4 nitrogen and oxygen atoms in total. The van der Waals surface area contributed by atoms with Crippen LogP contribution in [-0.4, -0.2) is 37.2 Å². The van der Waals surface area contributed by atoms with Crippen LogP contribution in [0.4, 0.5) is 0 Å². The minimum atomic E-state index is -0.145. The van der Waals surface area contributed by atoms with E-state index < -0.39 is 0 Å². The molecule has 88 valence electrons. The zero-order chi connectivity index (χ0) is 11.3. The van der Waals surface area contributed by atoms with E-state index in [1.807, 2.05) is 13.8 Å². The Kier molecular flexibility index (Phi) is 4.54. The smallest absolute Gasteiger partial charge is 0.234 e. The third-order valence-electron chi connectivity index (χ3n) is 2.63. The van der Waals surface area contributed by atoms with Crippen LogP contribution in [0.25, 0.3) is 0 Å². The molecular formula is C11H22N2O2. The monoisotopic (exact) mass is 214 g/mol. The molecule has 15 heavy (non-hydrogen) atoms. The first kappa shape index (κ1) is 12.5. The third kappa shape index (κ3) is 4.62. The normalized spacial score (nSPS) is 25.9. The van der Waals surface area contributed by atoms with Crippen molar-refractivity contribution < 1.29 is 9.53 Å². The van der Waals surface area contributed by atoms with E-state index >= 15 is 0 Å². The van der Waals surface area contributed by atoms with Gasteiger partial charge in [-0.05, 0) is 19.8 Å². The Balaban J connectivity index is 2.16. The van der Waals surface area contributed by atoms with Crippen LogP contribution in [0.3, 0.4) is 0 Å². The molecule has 1 aliphatic heterocycles. The van der Waals surface area contributed by atoms with Crippen molar-refractivity contribution in [3.05, 3.63) is 0 Å². The van der Waals surface area contributed by atoms with Crippen molar-refractivity contribution in [2.45, 2.75) is 45.3 Å². The van der Waals surface area contributed by atoms with Crippen LogP contribution < -0.4 is 10.6 Å². The molecule has 1 fully saturated rings. The predicted molar refractivity (Wildman–Crippen MR) is 59.7 cm³/mol. The number of amides is 1. The van der Waals surface area contributed by atoms with Crippen molar-refractivity contribution in [3.8, 4) is 0 Å². The largest absolute Gasteiger partial charge is 0.373 e. The number of nitrogens with one attached hydrogen (secondary N) is 2. The minimum Gasteiger partial charge on any atom is -0.373 e. The first-order chi connectivity index (χ1) is 7.02. The van der Waals surface area contributed by atoms with Crippen molar-refractivity contribution in [3.63, 3.8) is 0 Å². The SMILES string of the molecule is CC(C)NCC(=O)NCC1(C)CCCO1. The molecule has 4 heteroatoms. The van der Waals surface area contributed by atoms with E-state index in [1.54, 1.807) is 0 Å². The van der Waals surface area contributed by atoms with E-state index in [1.165, 1.54) is 0 Å². The molecule has 1 rings (SSSR count). The van der Waals surface area contributed by atoms with Gasteiger partial charge >= 0.3 is 0 Å². The summed E-state index contributed by atoms with van der Waals surface area (Å²) >= 11 is 0. The average Bonchev–Trinajstić information content (AvgIpc) is 2.60. The number of hydrogen-bond donors (Lipinski definition) is 2. The summed E-state index contributed by atoms with van der Waals surface area (Å²) < 4.78 is 5.58. The van der Waals surface area contributed by atoms with E-state index in [4.69, 9.17) is 4.74 Å². The minimum absolute atomic E-state index is 0.0421. The quantitative estimate of drug-likeness (QED) is 0.707. The van der Waals surface area contributed by atoms with Gasteiger partial charge in [-0.2, -0.15) is 0 Å². The summed E-state index contributed by atoms with van der Waals surface area (Å²) in [6, 6.07) is 0.342. The van der Waals surface area contributed by atoms with Crippen LogP contribution in [0.2, 0.25) is 0 Å². The number of hydrogen-bond acceptors (Lipinski definition) is 3. The first-order valence-electron chi connectivity index (χ1n) is 5.66. The first-order valence-corrected chi connectivity index (χ1v) is 5.66. The summed E-state index contributed by atoms with van der Waals surface area (Å²) in [5.74, 6) is 0.0421. The number of rotatable bonds is 5. The van der Waals surface area contributed by atoms with Gasteiger partial charge in [0.15, 0.2) is 0 Å². The lowest BCUT2D eigenvalue weighted by molar-refractivity contribution is -0.121. The van der Waals surface area contributed by atoms with Crippen LogP contribution in [0.5, 0.6) is 0 Å². The topological polar surface area (TPSA) is 50.4 Å². The summed E-state index contributed by atoms with van der Waals surface area (Å²) in [4.78, 5) is 11.4. The maximum Gasteiger partial charge on any atom is 0.234 e. The average molecular weight is 214 g/mol. The fourth-order valence-electron chi connectivity index (χ4n) is 1.62. The Bertz CT molecular complexity index is 211. The highest BCUT2D eigenvalue weighted by atomic mass is 16.5. The summed E-state index contributed by atoms with van der Waals surface area (Å²) in [5.41, 5.74) is -0.145. The van der Waals surface area contributed by atoms with Crippen molar-refractivity contribution in [2.75, 3.05) is 19.7 Å². The van der Waals surface area contributed by atoms with E-state index in [2.05, 4.69) is 17.6 Å². The summed E-state index contributed by atoms with van der Waals surface area (Å²) in [5, 5.41) is 5.97. The number of carbonyl (C=O) groups excluding carboxylic acids is 1. The Morgan fingerprint density at radius 2 is 2.27 bits per heavy atom. The van der Waals surface area contributed by atoms with Gasteiger partial charge in [0.1, 0.15) is 0 Å². The Hall–Kier alpha value is -0.610. The second-order valence-electron chi connectivity index (χ2n) is 4.71. The summed E-state index contributed by atoms with van der Waals surface area (Å²) in [7, 11) is 0. The highest BCUT2D eigenvalue weighted by Gasteiger charge is 2.29. The fraction of sp³-hybridized carbons (Fsp3) is 0.909. The van der Waals surface area contributed by atoms with Crippen molar-refractivity contribution >= 4 is 5.91 Å². The van der Waals surface area contributed by atoms with Crippen LogP contribution in [-0.2, 0) is 9.53 Å². The molecule has 1 saturated heterocycles.